The zero-order valence-corrected chi connectivity index (χ0v) is 11.3. The van der Waals surface area contributed by atoms with Crippen molar-refractivity contribution >= 4 is 23.5 Å². The van der Waals surface area contributed by atoms with Crippen LogP contribution in [0.1, 0.15) is 23.2 Å². The molecule has 0 aromatic heterocycles. The summed E-state index contributed by atoms with van der Waals surface area (Å²) in [5, 5.41) is 21.0. The van der Waals surface area contributed by atoms with Crippen molar-refractivity contribution in [1.29, 1.82) is 0 Å². The minimum absolute atomic E-state index is 0.0531. The third-order valence-electron chi connectivity index (χ3n) is 3.07. The first-order valence-corrected chi connectivity index (χ1v) is 6.50. The number of benzene rings is 1. The molecule has 1 aromatic rings. The molecule has 1 saturated heterocycles. The maximum absolute atomic E-state index is 11.9. The summed E-state index contributed by atoms with van der Waals surface area (Å²) in [5.74, 6) is -1.48. The molecule has 3 N–H and O–H groups in total. The summed E-state index contributed by atoms with van der Waals surface area (Å²) in [5.41, 5.74) is 0.166. The lowest BCUT2D eigenvalue weighted by atomic mass is 10.1. The van der Waals surface area contributed by atoms with E-state index in [9.17, 15) is 14.7 Å². The molecule has 6 nitrogen and oxygen atoms in total. The number of phenolic OH excluding ortho intramolecular Hbond substituents is 1. The van der Waals surface area contributed by atoms with Crippen molar-refractivity contribution in [3.63, 3.8) is 0 Å². The molecule has 2 atom stereocenters. The molecule has 0 spiro atoms. The number of carboxylic acids is 1. The van der Waals surface area contributed by atoms with Crippen LogP contribution >= 0.6 is 11.6 Å². The number of phenols is 1. The zero-order chi connectivity index (χ0) is 14.7. The summed E-state index contributed by atoms with van der Waals surface area (Å²) in [4.78, 5) is 22.6. The van der Waals surface area contributed by atoms with Gasteiger partial charge in [-0.1, -0.05) is 11.6 Å². The van der Waals surface area contributed by atoms with E-state index in [2.05, 4.69) is 5.32 Å². The molecule has 0 saturated carbocycles. The quantitative estimate of drug-likeness (QED) is 0.781. The molecule has 0 radical (unpaired) electrons. The van der Waals surface area contributed by atoms with Crippen LogP contribution < -0.4 is 5.32 Å². The molecule has 1 aliphatic heterocycles. The second kappa shape index (κ2) is 6.11. The van der Waals surface area contributed by atoms with Crippen LogP contribution in [0.4, 0.5) is 0 Å². The second-order valence-corrected chi connectivity index (χ2v) is 4.94. The standard InChI is InChI=1S/C13H14ClNO5/c14-10-3-1-7(16)5-9(10)12(17)15-6-8-2-4-11(20-8)13(18)19/h1,3,5,8,11,16H,2,4,6H2,(H,15,17)(H,18,19). The maximum Gasteiger partial charge on any atom is 0.332 e. The number of rotatable bonds is 4. The number of hydrogen-bond acceptors (Lipinski definition) is 4. The van der Waals surface area contributed by atoms with Gasteiger partial charge >= 0.3 is 5.97 Å². The number of hydrogen-bond donors (Lipinski definition) is 3. The van der Waals surface area contributed by atoms with E-state index in [1.165, 1.54) is 18.2 Å². The van der Waals surface area contributed by atoms with Gasteiger partial charge in [0, 0.05) is 6.54 Å². The Bertz CT molecular complexity index is 533. The third-order valence-corrected chi connectivity index (χ3v) is 3.40. The number of carbonyl (C=O) groups excluding carboxylic acids is 1. The molecular weight excluding hydrogens is 286 g/mol. The number of carbonyl (C=O) groups is 2. The summed E-state index contributed by atoms with van der Waals surface area (Å²) in [6.45, 7) is 0.203. The van der Waals surface area contributed by atoms with Gasteiger partial charge < -0.3 is 20.3 Å². The van der Waals surface area contributed by atoms with Gasteiger partial charge in [0.2, 0.25) is 0 Å². The molecule has 0 aliphatic carbocycles. The lowest BCUT2D eigenvalue weighted by Gasteiger charge is -2.13. The van der Waals surface area contributed by atoms with E-state index in [0.29, 0.717) is 12.8 Å². The van der Waals surface area contributed by atoms with Gasteiger partial charge in [-0.15, -0.1) is 0 Å². The van der Waals surface area contributed by atoms with Gasteiger partial charge in [0.05, 0.1) is 16.7 Å². The van der Waals surface area contributed by atoms with Crippen molar-refractivity contribution in [2.45, 2.75) is 25.0 Å². The molecule has 7 heteroatoms. The average Bonchev–Trinajstić information content (AvgIpc) is 2.88. The Morgan fingerprint density at radius 3 is 2.80 bits per heavy atom. The lowest BCUT2D eigenvalue weighted by Crippen LogP contribution is -2.33. The Morgan fingerprint density at radius 2 is 2.15 bits per heavy atom. The topological polar surface area (TPSA) is 95.9 Å². The van der Waals surface area contributed by atoms with Crippen LogP contribution in [0, 0.1) is 0 Å². The summed E-state index contributed by atoms with van der Waals surface area (Å²) >= 11 is 5.87. The predicted molar refractivity (Wildman–Crippen MR) is 71.0 cm³/mol. The first-order chi connectivity index (χ1) is 9.47. The number of halogens is 1. The fraction of sp³-hybridized carbons (Fsp3) is 0.385. The smallest absolute Gasteiger partial charge is 0.332 e. The van der Waals surface area contributed by atoms with Gasteiger partial charge in [0.25, 0.3) is 5.91 Å². The number of aliphatic carboxylic acids is 1. The summed E-state index contributed by atoms with van der Waals surface area (Å²) < 4.78 is 5.27. The van der Waals surface area contributed by atoms with Gasteiger partial charge in [-0.05, 0) is 31.0 Å². The van der Waals surface area contributed by atoms with Gasteiger partial charge in [0.15, 0.2) is 6.10 Å². The minimum Gasteiger partial charge on any atom is -0.508 e. The Morgan fingerprint density at radius 1 is 1.40 bits per heavy atom. The van der Waals surface area contributed by atoms with Gasteiger partial charge in [-0.3, -0.25) is 4.79 Å². The molecular formula is C13H14ClNO5. The Labute approximate surface area is 120 Å². The van der Waals surface area contributed by atoms with Crippen LogP contribution in [0.3, 0.4) is 0 Å². The van der Waals surface area contributed by atoms with Crippen molar-refractivity contribution < 1.29 is 24.5 Å². The van der Waals surface area contributed by atoms with Crippen molar-refractivity contribution in [3.8, 4) is 5.75 Å². The molecule has 1 aliphatic rings. The van der Waals surface area contributed by atoms with Crippen LogP contribution in [0.25, 0.3) is 0 Å². The van der Waals surface area contributed by atoms with Crippen molar-refractivity contribution in [3.05, 3.63) is 28.8 Å². The van der Waals surface area contributed by atoms with Crippen LogP contribution in [0.2, 0.25) is 5.02 Å². The lowest BCUT2D eigenvalue weighted by molar-refractivity contribution is -0.149. The molecule has 0 bridgehead atoms. The summed E-state index contributed by atoms with van der Waals surface area (Å²) in [7, 11) is 0. The first kappa shape index (κ1) is 14.6. The highest BCUT2D eigenvalue weighted by Gasteiger charge is 2.30. The van der Waals surface area contributed by atoms with E-state index >= 15 is 0 Å². The molecule has 2 unspecified atom stereocenters. The molecule has 108 valence electrons. The number of amides is 1. The normalized spacial score (nSPS) is 21.6. The number of nitrogens with one attached hydrogen (secondary N) is 1. The van der Waals surface area contributed by atoms with E-state index in [4.69, 9.17) is 21.4 Å². The van der Waals surface area contributed by atoms with E-state index in [1.54, 1.807) is 0 Å². The number of aromatic hydroxyl groups is 1. The fourth-order valence-electron chi connectivity index (χ4n) is 2.03. The Hall–Kier alpha value is -1.79. The monoisotopic (exact) mass is 299 g/mol. The van der Waals surface area contributed by atoms with Crippen molar-refractivity contribution in [1.82, 2.24) is 5.32 Å². The third kappa shape index (κ3) is 3.40. The van der Waals surface area contributed by atoms with E-state index in [1.807, 2.05) is 0 Å². The molecule has 20 heavy (non-hydrogen) atoms. The van der Waals surface area contributed by atoms with Crippen molar-refractivity contribution in [2.75, 3.05) is 6.54 Å². The second-order valence-electron chi connectivity index (χ2n) is 4.54. The van der Waals surface area contributed by atoms with E-state index in [0.717, 1.165) is 0 Å². The van der Waals surface area contributed by atoms with Crippen LogP contribution in [0.5, 0.6) is 5.75 Å². The van der Waals surface area contributed by atoms with Crippen molar-refractivity contribution in [2.24, 2.45) is 0 Å². The largest absolute Gasteiger partial charge is 0.508 e. The zero-order valence-electron chi connectivity index (χ0n) is 10.5. The predicted octanol–water partition coefficient (Wildman–Crippen LogP) is 1.41. The highest BCUT2D eigenvalue weighted by Crippen LogP contribution is 2.22. The maximum atomic E-state index is 11.9. The molecule has 1 amide bonds. The van der Waals surface area contributed by atoms with Gasteiger partial charge in [0.1, 0.15) is 5.75 Å². The summed E-state index contributed by atoms with van der Waals surface area (Å²) in [6.07, 6.45) is -0.120. The number of ether oxygens (including phenoxy) is 1. The van der Waals surface area contributed by atoms with Gasteiger partial charge in [-0.25, -0.2) is 4.79 Å². The summed E-state index contributed by atoms with van der Waals surface area (Å²) in [6, 6.07) is 4.09. The minimum atomic E-state index is -0.991. The van der Waals surface area contributed by atoms with E-state index < -0.39 is 18.0 Å². The molecule has 1 heterocycles. The molecule has 1 fully saturated rings. The van der Waals surface area contributed by atoms with E-state index in [-0.39, 0.29) is 29.0 Å². The van der Waals surface area contributed by atoms with Gasteiger partial charge in [-0.2, -0.15) is 0 Å². The van der Waals surface area contributed by atoms with Crippen LogP contribution in [-0.4, -0.2) is 40.8 Å². The highest BCUT2D eigenvalue weighted by atomic mass is 35.5. The van der Waals surface area contributed by atoms with Crippen LogP contribution in [0.15, 0.2) is 18.2 Å². The highest BCUT2D eigenvalue weighted by molar-refractivity contribution is 6.33. The first-order valence-electron chi connectivity index (χ1n) is 6.12. The fourth-order valence-corrected chi connectivity index (χ4v) is 2.23. The van der Waals surface area contributed by atoms with Crippen LogP contribution in [-0.2, 0) is 9.53 Å². The number of carboxylic acid groups (broad SMARTS) is 1. The molecule has 2 rings (SSSR count). The average molecular weight is 300 g/mol. The Balaban J connectivity index is 1.90. The Kier molecular flexibility index (Phi) is 4.46. The SMILES string of the molecule is O=C(NCC1CCC(C(=O)O)O1)c1cc(O)ccc1Cl. The molecule has 1 aromatic carbocycles.